The minimum Gasteiger partial charge on any atom is -0.494 e. The van der Waals surface area contributed by atoms with Gasteiger partial charge >= 0.3 is 0 Å². The van der Waals surface area contributed by atoms with E-state index < -0.39 is 0 Å². The Labute approximate surface area is 154 Å². The number of benzene rings is 2. The molecule has 1 aliphatic heterocycles. The lowest BCUT2D eigenvalue weighted by Gasteiger charge is -2.29. The van der Waals surface area contributed by atoms with Crippen LogP contribution in [0.1, 0.15) is 18.9 Å². The fourth-order valence-corrected chi connectivity index (χ4v) is 3.11. The first-order valence-corrected chi connectivity index (χ1v) is 9.22. The number of morpholine rings is 1. The summed E-state index contributed by atoms with van der Waals surface area (Å²) in [6.45, 7) is 6.90. The van der Waals surface area contributed by atoms with Gasteiger partial charge in [0.25, 0.3) is 0 Å². The van der Waals surface area contributed by atoms with Gasteiger partial charge in [0, 0.05) is 25.3 Å². The molecule has 2 aromatic carbocycles. The molecule has 0 saturated carbocycles. The number of rotatable bonds is 7. The van der Waals surface area contributed by atoms with E-state index in [0.29, 0.717) is 0 Å². The average molecular weight is 361 g/mol. The second-order valence-corrected chi connectivity index (χ2v) is 6.52. The van der Waals surface area contributed by atoms with Crippen LogP contribution >= 0.6 is 11.6 Å². The highest BCUT2D eigenvalue weighted by Gasteiger charge is 2.14. The van der Waals surface area contributed by atoms with Gasteiger partial charge in [0.2, 0.25) is 0 Å². The van der Waals surface area contributed by atoms with Crippen LogP contribution in [0.25, 0.3) is 0 Å². The first kappa shape index (κ1) is 17.9. The largest absolute Gasteiger partial charge is 0.494 e. The Morgan fingerprint density at radius 2 is 1.88 bits per heavy atom. The molecular formula is C20H25ClN2O2. The fourth-order valence-electron chi connectivity index (χ4n) is 2.81. The van der Waals surface area contributed by atoms with E-state index in [2.05, 4.69) is 41.4 Å². The van der Waals surface area contributed by atoms with E-state index in [1.807, 2.05) is 18.2 Å². The molecule has 0 aromatic heterocycles. The predicted molar refractivity (Wildman–Crippen MR) is 104 cm³/mol. The molecule has 0 bridgehead atoms. The van der Waals surface area contributed by atoms with Gasteiger partial charge in [0.15, 0.2) is 0 Å². The maximum atomic E-state index is 6.47. The van der Waals surface area contributed by atoms with Crippen molar-refractivity contribution in [3.05, 3.63) is 53.1 Å². The molecule has 0 amide bonds. The molecule has 1 aliphatic rings. The molecular weight excluding hydrogens is 336 g/mol. The van der Waals surface area contributed by atoms with Crippen LogP contribution in [-0.2, 0) is 11.3 Å². The lowest BCUT2D eigenvalue weighted by atomic mass is 10.2. The molecule has 3 rings (SSSR count). The van der Waals surface area contributed by atoms with Crippen LogP contribution in [0.15, 0.2) is 42.5 Å². The van der Waals surface area contributed by atoms with Crippen molar-refractivity contribution in [2.24, 2.45) is 0 Å². The Balaban J connectivity index is 1.56. The van der Waals surface area contributed by atoms with Crippen molar-refractivity contribution in [2.75, 3.05) is 43.1 Å². The molecule has 1 N–H and O–H groups in total. The van der Waals surface area contributed by atoms with Crippen molar-refractivity contribution >= 4 is 23.0 Å². The van der Waals surface area contributed by atoms with Crippen LogP contribution in [0.5, 0.6) is 5.75 Å². The molecule has 0 atom stereocenters. The number of hydrogen-bond acceptors (Lipinski definition) is 4. The van der Waals surface area contributed by atoms with Gasteiger partial charge in [0.1, 0.15) is 5.75 Å². The minimum atomic E-state index is 0.751. The van der Waals surface area contributed by atoms with Crippen molar-refractivity contribution in [1.82, 2.24) is 0 Å². The molecule has 5 heteroatoms. The predicted octanol–water partition coefficient (Wildman–Crippen LogP) is 4.58. The Morgan fingerprint density at radius 3 is 2.56 bits per heavy atom. The molecule has 1 heterocycles. The van der Waals surface area contributed by atoms with E-state index in [0.717, 1.165) is 68.0 Å². The summed E-state index contributed by atoms with van der Waals surface area (Å²) >= 11 is 6.47. The van der Waals surface area contributed by atoms with E-state index in [-0.39, 0.29) is 0 Å². The summed E-state index contributed by atoms with van der Waals surface area (Å²) in [4.78, 5) is 2.27. The van der Waals surface area contributed by atoms with Crippen LogP contribution in [0.3, 0.4) is 0 Å². The summed E-state index contributed by atoms with van der Waals surface area (Å²) in [7, 11) is 0. The number of nitrogens with one attached hydrogen (secondary N) is 1. The maximum absolute atomic E-state index is 6.47. The standard InChI is InChI=1S/C20H25ClN2O2/c1-2-11-25-18-6-3-16(4-7-18)15-22-17-5-8-20(19(21)14-17)23-9-12-24-13-10-23/h3-8,14,22H,2,9-13,15H2,1H3. The molecule has 0 radical (unpaired) electrons. The van der Waals surface area contributed by atoms with E-state index >= 15 is 0 Å². The first-order chi connectivity index (χ1) is 12.3. The third-order valence-electron chi connectivity index (χ3n) is 4.19. The quantitative estimate of drug-likeness (QED) is 0.783. The number of hydrogen-bond donors (Lipinski definition) is 1. The van der Waals surface area contributed by atoms with Gasteiger partial charge < -0.3 is 19.7 Å². The zero-order valence-electron chi connectivity index (χ0n) is 14.6. The van der Waals surface area contributed by atoms with Gasteiger partial charge in [-0.25, -0.2) is 0 Å². The molecule has 0 spiro atoms. The van der Waals surface area contributed by atoms with Crippen LogP contribution in [0, 0.1) is 0 Å². The molecule has 134 valence electrons. The van der Waals surface area contributed by atoms with E-state index in [9.17, 15) is 0 Å². The molecule has 1 fully saturated rings. The highest BCUT2D eigenvalue weighted by atomic mass is 35.5. The van der Waals surface area contributed by atoms with Crippen LogP contribution in [0.4, 0.5) is 11.4 Å². The molecule has 1 saturated heterocycles. The Hall–Kier alpha value is -1.91. The summed E-state index contributed by atoms with van der Waals surface area (Å²) in [5.41, 5.74) is 3.30. The lowest BCUT2D eigenvalue weighted by Crippen LogP contribution is -2.36. The third-order valence-corrected chi connectivity index (χ3v) is 4.50. The van der Waals surface area contributed by atoms with E-state index in [1.165, 1.54) is 5.56 Å². The lowest BCUT2D eigenvalue weighted by molar-refractivity contribution is 0.122. The minimum absolute atomic E-state index is 0.751. The topological polar surface area (TPSA) is 33.7 Å². The smallest absolute Gasteiger partial charge is 0.119 e. The SMILES string of the molecule is CCCOc1ccc(CNc2ccc(N3CCOCC3)c(Cl)c2)cc1. The summed E-state index contributed by atoms with van der Waals surface area (Å²) in [6.07, 6.45) is 1.02. The van der Waals surface area contributed by atoms with Gasteiger partial charge in [-0.2, -0.15) is 0 Å². The molecule has 4 nitrogen and oxygen atoms in total. The fraction of sp³-hybridized carbons (Fsp3) is 0.400. The van der Waals surface area contributed by atoms with Crippen LogP contribution < -0.4 is 15.0 Å². The average Bonchev–Trinajstić information content (AvgIpc) is 2.66. The van der Waals surface area contributed by atoms with Crippen molar-refractivity contribution in [2.45, 2.75) is 19.9 Å². The van der Waals surface area contributed by atoms with Gasteiger partial charge in [-0.05, 0) is 42.3 Å². The molecule has 2 aromatic rings. The number of nitrogens with zero attached hydrogens (tertiary/aromatic N) is 1. The zero-order valence-corrected chi connectivity index (χ0v) is 15.4. The number of halogens is 1. The van der Waals surface area contributed by atoms with Crippen LogP contribution in [0.2, 0.25) is 5.02 Å². The number of anilines is 2. The van der Waals surface area contributed by atoms with Crippen LogP contribution in [-0.4, -0.2) is 32.9 Å². The van der Waals surface area contributed by atoms with Crippen molar-refractivity contribution in [1.29, 1.82) is 0 Å². The number of ether oxygens (including phenoxy) is 2. The summed E-state index contributed by atoms with van der Waals surface area (Å²) in [6, 6.07) is 14.4. The second kappa shape index (κ2) is 8.97. The zero-order chi connectivity index (χ0) is 17.5. The summed E-state index contributed by atoms with van der Waals surface area (Å²) < 4.78 is 11.0. The maximum Gasteiger partial charge on any atom is 0.119 e. The van der Waals surface area contributed by atoms with Crippen molar-refractivity contribution in [3.63, 3.8) is 0 Å². The normalized spacial score (nSPS) is 14.4. The second-order valence-electron chi connectivity index (χ2n) is 6.11. The van der Waals surface area contributed by atoms with Gasteiger partial charge in [-0.1, -0.05) is 30.7 Å². The molecule has 0 aliphatic carbocycles. The van der Waals surface area contributed by atoms with Gasteiger partial charge in [0.05, 0.1) is 30.5 Å². The van der Waals surface area contributed by atoms with Crippen molar-refractivity contribution in [3.8, 4) is 5.75 Å². The Morgan fingerprint density at radius 1 is 1.12 bits per heavy atom. The summed E-state index contributed by atoms with van der Waals surface area (Å²) in [5.74, 6) is 0.920. The first-order valence-electron chi connectivity index (χ1n) is 8.84. The van der Waals surface area contributed by atoms with Gasteiger partial charge in [-0.3, -0.25) is 0 Å². The Bertz CT molecular complexity index is 670. The van der Waals surface area contributed by atoms with E-state index in [1.54, 1.807) is 0 Å². The highest BCUT2D eigenvalue weighted by Crippen LogP contribution is 2.29. The summed E-state index contributed by atoms with van der Waals surface area (Å²) in [5, 5.41) is 4.20. The van der Waals surface area contributed by atoms with Crippen molar-refractivity contribution < 1.29 is 9.47 Å². The molecule has 0 unspecified atom stereocenters. The molecule has 25 heavy (non-hydrogen) atoms. The third kappa shape index (κ3) is 5.03. The monoisotopic (exact) mass is 360 g/mol. The highest BCUT2D eigenvalue weighted by molar-refractivity contribution is 6.33. The Kier molecular flexibility index (Phi) is 6.42. The van der Waals surface area contributed by atoms with E-state index in [4.69, 9.17) is 21.1 Å². The van der Waals surface area contributed by atoms with Gasteiger partial charge in [-0.15, -0.1) is 0 Å².